The Balaban J connectivity index is 1.54. The Labute approximate surface area is 185 Å². The van der Waals surface area contributed by atoms with Crippen molar-refractivity contribution >= 4 is 40.5 Å². The summed E-state index contributed by atoms with van der Waals surface area (Å²) in [6, 6.07) is 10.3. The van der Waals surface area contributed by atoms with Crippen LogP contribution in [-0.2, 0) is 9.59 Å². The minimum absolute atomic E-state index is 0.0118. The minimum atomic E-state index is -0.596. The van der Waals surface area contributed by atoms with Crippen LogP contribution in [0.2, 0.25) is 5.02 Å². The molecule has 2 N–H and O–H groups in total. The van der Waals surface area contributed by atoms with Gasteiger partial charge in [-0.2, -0.15) is 0 Å². The zero-order chi connectivity index (χ0) is 22.5. The Kier molecular flexibility index (Phi) is 7.25. The highest BCUT2D eigenvalue weighted by Crippen LogP contribution is 2.28. The lowest BCUT2D eigenvalue weighted by Gasteiger charge is -2.21. The highest BCUT2D eigenvalue weighted by atomic mass is 35.5. The molecule has 0 aliphatic heterocycles. The van der Waals surface area contributed by atoms with Gasteiger partial charge in [0.1, 0.15) is 5.02 Å². The molecule has 0 saturated heterocycles. The van der Waals surface area contributed by atoms with E-state index in [0.29, 0.717) is 18.3 Å². The number of nitrogens with zero attached hydrogens (tertiary/aromatic N) is 2. The first-order valence-electron chi connectivity index (χ1n) is 10.1. The molecular weight excluding hydrogens is 420 g/mol. The molecule has 2 aromatic carbocycles. The van der Waals surface area contributed by atoms with Crippen molar-refractivity contribution in [2.24, 2.45) is 0 Å². The second kappa shape index (κ2) is 9.89. The minimum Gasteiger partial charge on any atom is -0.326 e. The number of hydrogen-bond donors (Lipinski definition) is 2. The second-order valence-corrected chi connectivity index (χ2v) is 8.20. The average Bonchev–Trinajstić information content (AvgIpc) is 3.54. The van der Waals surface area contributed by atoms with Crippen LogP contribution in [0, 0.1) is 24.0 Å². The number of hydrogen-bond acceptors (Lipinski definition) is 5. The number of nitrogens with one attached hydrogen (secondary N) is 2. The number of benzene rings is 2. The number of rotatable bonds is 9. The van der Waals surface area contributed by atoms with Gasteiger partial charge in [-0.05, 0) is 56.0 Å². The van der Waals surface area contributed by atoms with Crippen LogP contribution in [0.3, 0.4) is 0 Å². The van der Waals surface area contributed by atoms with E-state index in [9.17, 15) is 19.7 Å². The van der Waals surface area contributed by atoms with Crippen molar-refractivity contribution in [2.75, 3.05) is 23.7 Å². The van der Waals surface area contributed by atoms with Crippen LogP contribution < -0.4 is 10.6 Å². The van der Waals surface area contributed by atoms with Crippen LogP contribution in [0.15, 0.2) is 36.4 Å². The standard InChI is InChI=1S/C22H25ClN4O4/c1-14-3-4-15(2)19(11-14)25-22(29)13-26(17-6-7-17)10-9-21(28)24-16-5-8-18(23)20(12-16)27(30)31/h3-5,8,11-12,17H,6-7,9-10,13H2,1-2H3,(H,24,28)(H,25,29). The highest BCUT2D eigenvalue weighted by Gasteiger charge is 2.30. The summed E-state index contributed by atoms with van der Waals surface area (Å²) in [7, 11) is 0. The first kappa shape index (κ1) is 22.7. The average molecular weight is 445 g/mol. The fourth-order valence-electron chi connectivity index (χ4n) is 3.27. The lowest BCUT2D eigenvalue weighted by molar-refractivity contribution is -0.384. The van der Waals surface area contributed by atoms with Gasteiger partial charge in [-0.1, -0.05) is 23.7 Å². The number of nitro groups is 1. The summed E-state index contributed by atoms with van der Waals surface area (Å²) < 4.78 is 0. The largest absolute Gasteiger partial charge is 0.326 e. The molecule has 0 aromatic heterocycles. The first-order valence-corrected chi connectivity index (χ1v) is 10.5. The molecular formula is C22H25ClN4O4. The fourth-order valence-corrected chi connectivity index (χ4v) is 3.46. The third-order valence-corrected chi connectivity index (χ3v) is 5.45. The number of nitro benzene ring substituents is 1. The van der Waals surface area contributed by atoms with E-state index in [1.165, 1.54) is 18.2 Å². The van der Waals surface area contributed by atoms with E-state index in [2.05, 4.69) is 10.6 Å². The molecule has 1 aliphatic rings. The molecule has 2 aromatic rings. The summed E-state index contributed by atoms with van der Waals surface area (Å²) >= 11 is 5.80. The van der Waals surface area contributed by atoms with E-state index in [0.717, 1.165) is 29.7 Å². The zero-order valence-electron chi connectivity index (χ0n) is 17.5. The van der Waals surface area contributed by atoms with Crippen molar-refractivity contribution in [1.29, 1.82) is 0 Å². The fraction of sp³-hybridized carbons (Fsp3) is 0.364. The molecule has 8 nitrogen and oxygen atoms in total. The zero-order valence-corrected chi connectivity index (χ0v) is 18.2. The Hall–Kier alpha value is -2.97. The molecule has 1 saturated carbocycles. The number of anilines is 2. The van der Waals surface area contributed by atoms with Gasteiger partial charge in [-0.15, -0.1) is 0 Å². The molecule has 1 aliphatic carbocycles. The van der Waals surface area contributed by atoms with Crippen molar-refractivity contribution in [3.63, 3.8) is 0 Å². The van der Waals surface area contributed by atoms with Gasteiger partial charge < -0.3 is 10.6 Å². The summed E-state index contributed by atoms with van der Waals surface area (Å²) in [5.41, 5.74) is 2.91. The number of carbonyl (C=O) groups is 2. The maximum atomic E-state index is 12.6. The van der Waals surface area contributed by atoms with Crippen LogP contribution in [0.25, 0.3) is 0 Å². The van der Waals surface area contributed by atoms with Gasteiger partial charge in [0.2, 0.25) is 11.8 Å². The predicted molar refractivity (Wildman–Crippen MR) is 120 cm³/mol. The van der Waals surface area contributed by atoms with Gasteiger partial charge in [0.15, 0.2) is 0 Å². The number of amides is 2. The number of halogens is 1. The SMILES string of the molecule is Cc1ccc(C)c(NC(=O)CN(CCC(=O)Nc2ccc(Cl)c([N+](=O)[O-])c2)C2CC2)c1. The van der Waals surface area contributed by atoms with E-state index in [-0.39, 0.29) is 35.5 Å². The van der Waals surface area contributed by atoms with E-state index in [1.54, 1.807) is 0 Å². The molecule has 0 spiro atoms. The quantitative estimate of drug-likeness (QED) is 0.443. The summed E-state index contributed by atoms with van der Waals surface area (Å²) in [5.74, 6) is -0.397. The van der Waals surface area contributed by atoms with Crippen molar-refractivity contribution in [1.82, 2.24) is 4.90 Å². The van der Waals surface area contributed by atoms with Gasteiger partial charge in [0, 0.05) is 36.4 Å². The van der Waals surface area contributed by atoms with E-state index >= 15 is 0 Å². The smallest absolute Gasteiger partial charge is 0.289 e. The first-order chi connectivity index (χ1) is 14.7. The van der Waals surface area contributed by atoms with Gasteiger partial charge in [0.05, 0.1) is 11.5 Å². The van der Waals surface area contributed by atoms with Crippen molar-refractivity contribution in [2.45, 2.75) is 39.2 Å². The molecule has 0 atom stereocenters. The van der Waals surface area contributed by atoms with Gasteiger partial charge in [-0.3, -0.25) is 24.6 Å². The van der Waals surface area contributed by atoms with E-state index in [1.807, 2.05) is 36.9 Å². The van der Waals surface area contributed by atoms with Crippen LogP contribution >= 0.6 is 11.6 Å². The monoisotopic (exact) mass is 444 g/mol. The van der Waals surface area contributed by atoms with Crippen molar-refractivity contribution in [3.8, 4) is 0 Å². The normalized spacial score (nSPS) is 13.2. The molecule has 3 rings (SSSR count). The lowest BCUT2D eigenvalue weighted by Crippen LogP contribution is -2.37. The Morgan fingerprint density at radius 2 is 1.87 bits per heavy atom. The molecule has 0 unspecified atom stereocenters. The van der Waals surface area contributed by atoms with Gasteiger partial charge >= 0.3 is 0 Å². The van der Waals surface area contributed by atoms with Crippen LogP contribution in [0.1, 0.15) is 30.4 Å². The molecule has 31 heavy (non-hydrogen) atoms. The predicted octanol–water partition coefficient (Wildman–Crippen LogP) is 4.30. The van der Waals surface area contributed by atoms with Gasteiger partial charge in [-0.25, -0.2) is 0 Å². The van der Waals surface area contributed by atoms with Crippen LogP contribution in [0.5, 0.6) is 0 Å². The van der Waals surface area contributed by atoms with Crippen molar-refractivity contribution < 1.29 is 14.5 Å². The topological polar surface area (TPSA) is 105 Å². The third-order valence-electron chi connectivity index (χ3n) is 5.13. The van der Waals surface area contributed by atoms with Crippen LogP contribution in [0.4, 0.5) is 17.1 Å². The summed E-state index contributed by atoms with van der Waals surface area (Å²) in [5, 5.41) is 16.6. The Morgan fingerprint density at radius 3 is 2.55 bits per heavy atom. The highest BCUT2D eigenvalue weighted by molar-refractivity contribution is 6.32. The molecule has 9 heteroatoms. The second-order valence-electron chi connectivity index (χ2n) is 7.79. The molecule has 0 radical (unpaired) electrons. The van der Waals surface area contributed by atoms with E-state index in [4.69, 9.17) is 11.6 Å². The molecule has 1 fully saturated rings. The number of carbonyl (C=O) groups excluding carboxylic acids is 2. The lowest BCUT2D eigenvalue weighted by atomic mass is 10.1. The number of aryl methyl sites for hydroxylation is 2. The maximum Gasteiger partial charge on any atom is 0.289 e. The third kappa shape index (κ3) is 6.50. The molecule has 0 bridgehead atoms. The molecule has 2 amide bonds. The molecule has 0 heterocycles. The van der Waals surface area contributed by atoms with Crippen LogP contribution in [-0.4, -0.2) is 40.8 Å². The summed E-state index contributed by atoms with van der Waals surface area (Å²) in [6.07, 6.45) is 2.17. The summed E-state index contributed by atoms with van der Waals surface area (Å²) in [4.78, 5) is 37.3. The summed E-state index contributed by atoms with van der Waals surface area (Å²) in [6.45, 7) is 4.54. The Morgan fingerprint density at radius 1 is 1.13 bits per heavy atom. The Bertz CT molecular complexity index is 1010. The van der Waals surface area contributed by atoms with Crippen molar-refractivity contribution in [3.05, 3.63) is 62.7 Å². The molecule has 164 valence electrons. The van der Waals surface area contributed by atoms with E-state index < -0.39 is 4.92 Å². The maximum absolute atomic E-state index is 12.6. The van der Waals surface area contributed by atoms with Gasteiger partial charge in [0.25, 0.3) is 5.69 Å².